The summed E-state index contributed by atoms with van der Waals surface area (Å²) in [5, 5.41) is 8.82. The number of terminal acetylenes is 1. The number of nitriles is 1. The van der Waals surface area contributed by atoms with E-state index in [0.29, 0.717) is 49.5 Å². The normalized spacial score (nSPS) is 12.3. The summed E-state index contributed by atoms with van der Waals surface area (Å²) in [5.41, 5.74) is 1.19. The van der Waals surface area contributed by atoms with Gasteiger partial charge in [0, 0.05) is 25.1 Å². The highest BCUT2D eigenvalue weighted by Crippen LogP contribution is 2.36. The van der Waals surface area contributed by atoms with E-state index in [1.807, 2.05) is 6.07 Å². The number of amides is 2. The number of ether oxygens (including phenoxy) is 1. The smallest absolute Gasteiger partial charge is 0.241 e. The minimum atomic E-state index is -0.300. The summed E-state index contributed by atoms with van der Waals surface area (Å²) in [6, 6.07) is 7.21. The molecular weight excluding hydrogens is 354 g/mol. The zero-order valence-corrected chi connectivity index (χ0v) is 15.2. The zero-order valence-electron chi connectivity index (χ0n) is 14.4. The van der Waals surface area contributed by atoms with Crippen molar-refractivity contribution < 1.29 is 14.3 Å². The van der Waals surface area contributed by atoms with Crippen LogP contribution in [0.1, 0.15) is 25.7 Å². The number of carbonyl (C=O) groups excluding carboxylic acids is 2. The van der Waals surface area contributed by atoms with Gasteiger partial charge in [0.25, 0.3) is 0 Å². The second-order valence-corrected chi connectivity index (χ2v) is 5.96. The average Bonchev–Trinajstić information content (AvgIpc) is 2.67. The van der Waals surface area contributed by atoms with Crippen molar-refractivity contribution in [1.82, 2.24) is 0 Å². The van der Waals surface area contributed by atoms with Crippen LogP contribution in [0.25, 0.3) is 0 Å². The number of unbranched alkanes of at least 4 members (excludes halogenated alkanes) is 1. The van der Waals surface area contributed by atoms with Crippen LogP contribution in [0.5, 0.6) is 5.75 Å². The van der Waals surface area contributed by atoms with Crippen LogP contribution in [0.4, 0.5) is 11.4 Å². The van der Waals surface area contributed by atoms with Crippen molar-refractivity contribution in [3.63, 3.8) is 0 Å². The molecule has 2 amide bonds. The number of alkyl halides is 1. The first-order valence-electron chi connectivity index (χ1n) is 8.36. The van der Waals surface area contributed by atoms with E-state index >= 15 is 0 Å². The van der Waals surface area contributed by atoms with Crippen molar-refractivity contribution in [2.75, 3.05) is 35.4 Å². The van der Waals surface area contributed by atoms with Crippen LogP contribution in [0.3, 0.4) is 0 Å². The number of nitrogens with zero attached hydrogens (tertiary/aromatic N) is 3. The van der Waals surface area contributed by atoms with Gasteiger partial charge in [0.05, 0.1) is 24.7 Å². The highest BCUT2D eigenvalue weighted by molar-refractivity contribution is 6.29. The van der Waals surface area contributed by atoms with E-state index in [9.17, 15) is 9.59 Å². The summed E-state index contributed by atoms with van der Waals surface area (Å²) in [7, 11) is 0. The molecule has 136 valence electrons. The molecule has 0 radical (unpaired) electrons. The van der Waals surface area contributed by atoms with Crippen LogP contribution in [-0.2, 0) is 9.59 Å². The number of benzene rings is 1. The Morgan fingerprint density at radius 1 is 1.38 bits per heavy atom. The summed E-state index contributed by atoms with van der Waals surface area (Å²) >= 11 is 5.69. The quantitative estimate of drug-likeness (QED) is 0.418. The maximum Gasteiger partial charge on any atom is 0.241 e. The first kappa shape index (κ1) is 19.6. The Bertz CT molecular complexity index is 751. The summed E-state index contributed by atoms with van der Waals surface area (Å²) in [6.07, 6.45) is 6.95. The number of carbonyl (C=O) groups is 2. The molecule has 0 unspecified atom stereocenters. The van der Waals surface area contributed by atoms with E-state index in [1.54, 1.807) is 23.1 Å². The molecule has 2 rings (SSSR count). The van der Waals surface area contributed by atoms with Gasteiger partial charge in [0.2, 0.25) is 11.8 Å². The molecule has 0 saturated heterocycles. The van der Waals surface area contributed by atoms with Gasteiger partial charge in [-0.3, -0.25) is 9.59 Å². The Balaban J connectivity index is 2.29. The number of halogens is 1. The molecule has 0 aliphatic carbocycles. The van der Waals surface area contributed by atoms with Crippen LogP contribution in [0.15, 0.2) is 18.2 Å². The fourth-order valence-corrected chi connectivity index (χ4v) is 2.89. The lowest BCUT2D eigenvalue weighted by Gasteiger charge is -2.31. The molecule has 0 atom stereocenters. The molecule has 1 heterocycles. The predicted octanol–water partition coefficient (Wildman–Crippen LogP) is 2.70. The van der Waals surface area contributed by atoms with Gasteiger partial charge in [-0.2, -0.15) is 5.26 Å². The lowest BCUT2D eigenvalue weighted by Crippen LogP contribution is -2.38. The van der Waals surface area contributed by atoms with E-state index in [-0.39, 0.29) is 30.7 Å². The molecule has 0 aromatic heterocycles. The third-order valence-corrected chi connectivity index (χ3v) is 4.22. The Morgan fingerprint density at radius 2 is 2.19 bits per heavy atom. The Morgan fingerprint density at radius 3 is 2.88 bits per heavy atom. The second-order valence-electron chi connectivity index (χ2n) is 5.69. The average molecular weight is 374 g/mol. The molecular formula is C19H20ClN3O3. The fraction of sp³-hybridized carbons (Fsp3) is 0.421. The van der Waals surface area contributed by atoms with Gasteiger partial charge >= 0.3 is 0 Å². The number of hydrogen-bond acceptors (Lipinski definition) is 4. The molecule has 1 aliphatic rings. The van der Waals surface area contributed by atoms with E-state index in [2.05, 4.69) is 5.92 Å². The fourth-order valence-electron chi connectivity index (χ4n) is 2.74. The molecule has 1 aromatic rings. The van der Waals surface area contributed by atoms with Crippen molar-refractivity contribution >= 4 is 34.8 Å². The lowest BCUT2D eigenvalue weighted by molar-refractivity contribution is -0.119. The second kappa shape index (κ2) is 9.70. The maximum absolute atomic E-state index is 12.5. The SMILES string of the molecule is C#CCCCC(=O)N1CCOc2ccc(N(CCC#N)C(=O)CCl)cc21. The summed E-state index contributed by atoms with van der Waals surface area (Å²) in [4.78, 5) is 27.8. The van der Waals surface area contributed by atoms with Gasteiger partial charge in [-0.25, -0.2) is 0 Å². The minimum absolute atomic E-state index is 0.0332. The highest BCUT2D eigenvalue weighted by Gasteiger charge is 2.25. The molecule has 7 heteroatoms. The number of rotatable bonds is 7. The molecule has 1 aliphatic heterocycles. The van der Waals surface area contributed by atoms with E-state index in [4.69, 9.17) is 28.0 Å². The van der Waals surface area contributed by atoms with Crippen LogP contribution < -0.4 is 14.5 Å². The first-order valence-corrected chi connectivity index (χ1v) is 8.89. The van der Waals surface area contributed by atoms with Gasteiger partial charge < -0.3 is 14.5 Å². The van der Waals surface area contributed by atoms with Crippen LogP contribution in [-0.4, -0.2) is 37.4 Å². The van der Waals surface area contributed by atoms with Crippen LogP contribution in [0, 0.1) is 23.7 Å². The molecule has 0 spiro atoms. The molecule has 1 aromatic carbocycles. The van der Waals surface area contributed by atoms with Crippen molar-refractivity contribution in [2.24, 2.45) is 0 Å². The van der Waals surface area contributed by atoms with Crippen molar-refractivity contribution in [2.45, 2.75) is 25.7 Å². The summed E-state index contributed by atoms with van der Waals surface area (Å²) < 4.78 is 5.62. The zero-order chi connectivity index (χ0) is 18.9. The molecule has 0 fully saturated rings. The lowest BCUT2D eigenvalue weighted by atomic mass is 10.1. The number of fused-ring (bicyclic) bond motifs is 1. The van der Waals surface area contributed by atoms with Crippen molar-refractivity contribution in [3.05, 3.63) is 18.2 Å². The Kier molecular flexibility index (Phi) is 7.32. The topological polar surface area (TPSA) is 73.6 Å². The molecule has 26 heavy (non-hydrogen) atoms. The van der Waals surface area contributed by atoms with E-state index in [0.717, 1.165) is 0 Å². The minimum Gasteiger partial charge on any atom is -0.490 e. The van der Waals surface area contributed by atoms with Gasteiger partial charge in [-0.15, -0.1) is 23.9 Å². The third-order valence-electron chi connectivity index (χ3n) is 3.99. The van der Waals surface area contributed by atoms with Crippen LogP contribution in [0.2, 0.25) is 0 Å². The van der Waals surface area contributed by atoms with Gasteiger partial charge in [-0.05, 0) is 24.6 Å². The third kappa shape index (κ3) is 4.68. The molecule has 0 saturated carbocycles. The van der Waals surface area contributed by atoms with E-state index in [1.165, 1.54) is 4.90 Å². The van der Waals surface area contributed by atoms with Gasteiger partial charge in [-0.1, -0.05) is 0 Å². The van der Waals surface area contributed by atoms with Gasteiger partial charge in [0.1, 0.15) is 18.2 Å². The maximum atomic E-state index is 12.5. The van der Waals surface area contributed by atoms with Crippen molar-refractivity contribution in [3.8, 4) is 24.2 Å². The Hall–Kier alpha value is -2.70. The number of anilines is 2. The molecule has 0 N–H and O–H groups in total. The standard InChI is InChI=1S/C19H20ClN3O3/c1-2-3-4-6-18(24)23-11-12-26-17-8-7-15(13-16(17)23)22(10-5-9-21)19(25)14-20/h1,7-8,13H,3-6,10-12,14H2. The van der Waals surface area contributed by atoms with Crippen LogP contribution >= 0.6 is 11.6 Å². The highest BCUT2D eigenvalue weighted by atomic mass is 35.5. The largest absolute Gasteiger partial charge is 0.490 e. The van der Waals surface area contributed by atoms with E-state index < -0.39 is 0 Å². The summed E-state index contributed by atoms with van der Waals surface area (Å²) in [5.74, 6) is 2.60. The first-order chi connectivity index (χ1) is 12.6. The molecule has 6 nitrogen and oxygen atoms in total. The summed E-state index contributed by atoms with van der Waals surface area (Å²) in [6.45, 7) is 1.08. The monoisotopic (exact) mass is 373 g/mol. The number of hydrogen-bond donors (Lipinski definition) is 0. The van der Waals surface area contributed by atoms with Crippen molar-refractivity contribution in [1.29, 1.82) is 5.26 Å². The van der Waals surface area contributed by atoms with Gasteiger partial charge in [0.15, 0.2) is 0 Å². The molecule has 0 bridgehead atoms. The Labute approximate surface area is 158 Å². The predicted molar refractivity (Wildman–Crippen MR) is 100 cm³/mol.